The van der Waals surface area contributed by atoms with Crippen molar-refractivity contribution in [2.75, 3.05) is 6.61 Å². The Hall–Kier alpha value is -2.67. The first-order valence-corrected chi connectivity index (χ1v) is 8.90. The molecule has 8 heteroatoms. The Kier molecular flexibility index (Phi) is 4.70. The fourth-order valence-electron chi connectivity index (χ4n) is 3.06. The molecule has 1 atom stereocenters. The molecule has 2 aromatic heterocycles. The Morgan fingerprint density at radius 2 is 2.04 bits per heavy atom. The van der Waals surface area contributed by atoms with E-state index in [9.17, 15) is 9.90 Å². The topological polar surface area (TPSA) is 83.8 Å². The highest BCUT2D eigenvalue weighted by molar-refractivity contribution is 6.32. The molecule has 6 nitrogen and oxygen atoms in total. The zero-order valence-electron chi connectivity index (χ0n) is 13.9. The van der Waals surface area contributed by atoms with Crippen molar-refractivity contribution < 1.29 is 5.11 Å². The Morgan fingerprint density at radius 1 is 1.19 bits per heavy atom. The van der Waals surface area contributed by atoms with Crippen LogP contribution in [0.5, 0.6) is 0 Å². The number of aromatic amines is 1. The van der Waals surface area contributed by atoms with Gasteiger partial charge in [-0.05, 0) is 35.4 Å². The number of fused-ring (bicyclic) bond motifs is 1. The molecule has 0 aliphatic heterocycles. The summed E-state index contributed by atoms with van der Waals surface area (Å²) >= 11 is 12.1. The van der Waals surface area contributed by atoms with Crippen LogP contribution >= 0.6 is 23.2 Å². The maximum atomic E-state index is 13.0. The molecule has 2 aromatic carbocycles. The molecule has 27 heavy (non-hydrogen) atoms. The number of nitrogens with zero attached hydrogens (tertiary/aromatic N) is 3. The smallest absolute Gasteiger partial charge is 0.261 e. The van der Waals surface area contributed by atoms with Crippen molar-refractivity contribution in [3.63, 3.8) is 0 Å². The average molecular weight is 401 g/mol. The van der Waals surface area contributed by atoms with Crippen LogP contribution in [-0.2, 0) is 0 Å². The van der Waals surface area contributed by atoms with Gasteiger partial charge in [-0.3, -0.25) is 14.5 Å². The summed E-state index contributed by atoms with van der Waals surface area (Å²) in [6.45, 7) is -0.254. The van der Waals surface area contributed by atoms with E-state index in [1.807, 2.05) is 6.07 Å². The van der Waals surface area contributed by atoms with E-state index in [-0.39, 0.29) is 12.2 Å². The Bertz CT molecular complexity index is 1190. The molecule has 2 N–H and O–H groups in total. The first kappa shape index (κ1) is 17.7. The van der Waals surface area contributed by atoms with Crippen LogP contribution in [-0.4, -0.2) is 31.5 Å². The summed E-state index contributed by atoms with van der Waals surface area (Å²) in [7, 11) is 0. The summed E-state index contributed by atoms with van der Waals surface area (Å²) < 4.78 is 1.42. The van der Waals surface area contributed by atoms with Gasteiger partial charge in [0.25, 0.3) is 5.56 Å². The number of nitrogens with one attached hydrogen (secondary N) is 1. The molecule has 0 spiro atoms. The highest BCUT2D eigenvalue weighted by Gasteiger charge is 2.17. The number of H-pyrrole nitrogens is 1. The lowest BCUT2D eigenvalue weighted by molar-refractivity contribution is 0.246. The van der Waals surface area contributed by atoms with Gasteiger partial charge in [-0.25, -0.2) is 4.98 Å². The van der Waals surface area contributed by atoms with Crippen LogP contribution in [0.3, 0.4) is 0 Å². The highest BCUT2D eigenvalue weighted by atomic mass is 35.5. The normalized spacial score (nSPS) is 12.4. The summed E-state index contributed by atoms with van der Waals surface area (Å²) in [5.74, 6) is 0. The molecule has 0 saturated carbocycles. The number of halogens is 2. The van der Waals surface area contributed by atoms with Crippen LogP contribution in [0.2, 0.25) is 10.2 Å². The zero-order valence-corrected chi connectivity index (χ0v) is 15.4. The molecular weight excluding hydrogens is 387 g/mol. The van der Waals surface area contributed by atoms with Crippen LogP contribution in [0.25, 0.3) is 22.0 Å². The minimum atomic E-state index is -0.573. The van der Waals surface area contributed by atoms with Gasteiger partial charge in [-0.2, -0.15) is 5.10 Å². The lowest BCUT2D eigenvalue weighted by Gasteiger charge is -2.18. The monoisotopic (exact) mass is 400 g/mol. The molecule has 0 fully saturated rings. The van der Waals surface area contributed by atoms with Crippen LogP contribution in [0, 0.1) is 0 Å². The number of rotatable bonds is 4. The van der Waals surface area contributed by atoms with Crippen molar-refractivity contribution in [2.24, 2.45) is 0 Å². The van der Waals surface area contributed by atoms with Gasteiger partial charge in [0, 0.05) is 10.6 Å². The van der Waals surface area contributed by atoms with Gasteiger partial charge < -0.3 is 5.11 Å². The fraction of sp³-hybridized carbons (Fsp3) is 0.105. The molecule has 0 amide bonds. The fourth-order valence-corrected chi connectivity index (χ4v) is 3.47. The molecule has 136 valence electrons. The second-order valence-electron chi connectivity index (χ2n) is 6.04. The third-order valence-electron chi connectivity index (χ3n) is 4.43. The maximum absolute atomic E-state index is 13.0. The molecular formula is C19H14Cl2N4O2. The first-order valence-electron chi connectivity index (χ1n) is 8.15. The van der Waals surface area contributed by atoms with Gasteiger partial charge >= 0.3 is 0 Å². The van der Waals surface area contributed by atoms with Crippen molar-refractivity contribution in [2.45, 2.75) is 6.04 Å². The van der Waals surface area contributed by atoms with Crippen molar-refractivity contribution in [1.29, 1.82) is 0 Å². The van der Waals surface area contributed by atoms with E-state index in [2.05, 4.69) is 15.2 Å². The van der Waals surface area contributed by atoms with Crippen molar-refractivity contribution >= 4 is 34.1 Å². The minimum Gasteiger partial charge on any atom is -0.394 e. The molecule has 1 unspecified atom stereocenters. The lowest BCUT2D eigenvalue weighted by atomic mass is 10.1. The zero-order chi connectivity index (χ0) is 19.0. The lowest BCUT2D eigenvalue weighted by Crippen LogP contribution is -2.28. The number of hydrogen-bond acceptors (Lipinski definition) is 4. The van der Waals surface area contributed by atoms with E-state index >= 15 is 0 Å². The number of aliphatic hydroxyl groups is 1. The van der Waals surface area contributed by atoms with Gasteiger partial charge in [0.2, 0.25) is 0 Å². The number of benzene rings is 2. The largest absolute Gasteiger partial charge is 0.394 e. The molecule has 0 bridgehead atoms. The van der Waals surface area contributed by atoms with E-state index in [0.717, 1.165) is 16.7 Å². The van der Waals surface area contributed by atoms with Gasteiger partial charge in [-0.1, -0.05) is 41.4 Å². The van der Waals surface area contributed by atoms with Crippen LogP contribution in [0.4, 0.5) is 0 Å². The quantitative estimate of drug-likeness (QED) is 0.547. The minimum absolute atomic E-state index is 0.246. The van der Waals surface area contributed by atoms with Gasteiger partial charge in [0.15, 0.2) is 0 Å². The average Bonchev–Trinajstić information content (AvgIpc) is 3.10. The molecule has 4 aromatic rings. The molecule has 4 rings (SSSR count). The highest BCUT2D eigenvalue weighted by Crippen LogP contribution is 2.27. The van der Waals surface area contributed by atoms with Gasteiger partial charge in [-0.15, -0.1) is 0 Å². The van der Waals surface area contributed by atoms with Gasteiger partial charge in [0.1, 0.15) is 5.15 Å². The number of aromatic nitrogens is 4. The Morgan fingerprint density at radius 3 is 2.74 bits per heavy atom. The van der Waals surface area contributed by atoms with Crippen LogP contribution < -0.4 is 5.56 Å². The van der Waals surface area contributed by atoms with Crippen LogP contribution in [0.1, 0.15) is 11.6 Å². The van der Waals surface area contributed by atoms with E-state index in [4.69, 9.17) is 23.2 Å². The molecule has 0 radical (unpaired) electrons. The van der Waals surface area contributed by atoms with Crippen molar-refractivity contribution in [1.82, 2.24) is 19.7 Å². The maximum Gasteiger partial charge on any atom is 0.261 e. The van der Waals surface area contributed by atoms with E-state index < -0.39 is 6.04 Å². The molecule has 2 heterocycles. The van der Waals surface area contributed by atoms with Crippen molar-refractivity contribution in [3.05, 3.63) is 81.1 Å². The van der Waals surface area contributed by atoms with E-state index in [1.165, 1.54) is 10.9 Å². The standard InChI is InChI=1S/C19H14Cl2N4O2/c20-13-3-1-2-12(6-13)17(9-26)25-10-22-16-7-11(4-5-14(16)19(25)27)15-8-23-24-18(15)21/h1-8,10,17,26H,9H2,(H,23,24). The second-order valence-corrected chi connectivity index (χ2v) is 6.85. The van der Waals surface area contributed by atoms with Gasteiger partial charge in [0.05, 0.1) is 36.1 Å². The Labute approximate surface area is 164 Å². The summed E-state index contributed by atoms with van der Waals surface area (Å²) in [6.07, 6.45) is 3.05. The SMILES string of the molecule is O=c1c2ccc(-c3cn[nH]c3Cl)cc2ncn1C(CO)c1cccc(Cl)c1. The van der Waals surface area contributed by atoms with E-state index in [0.29, 0.717) is 21.1 Å². The summed E-state index contributed by atoms with van der Waals surface area (Å²) in [5, 5.41) is 17.8. The summed E-state index contributed by atoms with van der Waals surface area (Å²) in [6, 6.07) is 11.8. The molecule has 0 aliphatic rings. The molecule has 0 aliphatic carbocycles. The number of aliphatic hydroxyl groups excluding tert-OH is 1. The second kappa shape index (κ2) is 7.15. The van der Waals surface area contributed by atoms with Crippen molar-refractivity contribution in [3.8, 4) is 11.1 Å². The first-order chi connectivity index (χ1) is 13.1. The van der Waals surface area contributed by atoms with E-state index in [1.54, 1.807) is 42.6 Å². The third-order valence-corrected chi connectivity index (χ3v) is 4.95. The predicted molar refractivity (Wildman–Crippen MR) is 105 cm³/mol. The Balaban J connectivity index is 1.82. The third kappa shape index (κ3) is 3.23. The summed E-state index contributed by atoms with van der Waals surface area (Å²) in [4.78, 5) is 17.4. The predicted octanol–water partition coefficient (Wildman–Crippen LogP) is 3.68. The summed E-state index contributed by atoms with van der Waals surface area (Å²) in [5.41, 5.74) is 2.56. The number of hydrogen-bond donors (Lipinski definition) is 2. The molecule has 0 saturated heterocycles. The van der Waals surface area contributed by atoms with Crippen LogP contribution in [0.15, 0.2) is 59.8 Å².